The second kappa shape index (κ2) is 4.27. The molecule has 0 atom stereocenters. The molecule has 3 heteroatoms. The summed E-state index contributed by atoms with van der Waals surface area (Å²) in [6.07, 6.45) is 4.02. The molecule has 0 aromatic carbocycles. The molecule has 2 nitrogen and oxygen atoms in total. The van der Waals surface area contributed by atoms with Crippen molar-refractivity contribution in [2.24, 2.45) is 0 Å². The van der Waals surface area contributed by atoms with Crippen LogP contribution >= 0.6 is 0 Å². The maximum atomic E-state index is 11.5. The maximum Gasteiger partial charge on any atom is 0.308 e. The van der Waals surface area contributed by atoms with Gasteiger partial charge in [-0.05, 0) is 0 Å². The van der Waals surface area contributed by atoms with Gasteiger partial charge < -0.3 is 4.74 Å². The maximum absolute atomic E-state index is 11.5. The molecule has 1 heterocycles. The second-order valence-electron chi connectivity index (χ2n) is 4.55. The van der Waals surface area contributed by atoms with Crippen molar-refractivity contribution >= 4 is 14.8 Å². The zero-order chi connectivity index (χ0) is 9.90. The van der Waals surface area contributed by atoms with Gasteiger partial charge >= 0.3 is 5.97 Å². The number of hydrogen-bond donors (Lipinski definition) is 0. The average Bonchev–Trinajstić information content (AvgIpc) is 2.18. The van der Waals surface area contributed by atoms with E-state index in [1.54, 1.807) is 0 Å². The number of carbonyl (C=O) groups is 1. The molecule has 1 saturated heterocycles. The van der Waals surface area contributed by atoms with Gasteiger partial charge in [-0.3, -0.25) is 4.79 Å². The summed E-state index contributed by atoms with van der Waals surface area (Å²) >= 11 is 0. The van der Waals surface area contributed by atoms with E-state index >= 15 is 0 Å². The molecular formula is C10H20O2Si. The van der Waals surface area contributed by atoms with Gasteiger partial charge in [0, 0.05) is 0 Å². The van der Waals surface area contributed by atoms with Gasteiger partial charge in [0.25, 0.3) is 0 Å². The van der Waals surface area contributed by atoms with E-state index in [9.17, 15) is 4.79 Å². The Bertz CT molecular complexity index is 183. The molecule has 0 aromatic rings. The molecule has 0 aliphatic carbocycles. The first kappa shape index (κ1) is 10.8. The molecule has 0 radical (unpaired) electrons. The number of esters is 1. The summed E-state index contributed by atoms with van der Waals surface area (Å²) in [7, 11) is 0.616. The number of rotatable bonds is 2. The molecule has 76 valence electrons. The van der Waals surface area contributed by atoms with E-state index in [-0.39, 0.29) is 11.0 Å². The van der Waals surface area contributed by atoms with Crippen LogP contribution in [-0.2, 0) is 9.53 Å². The molecule has 0 saturated carbocycles. The van der Waals surface area contributed by atoms with Crippen LogP contribution in [-0.4, -0.2) is 21.9 Å². The first-order valence-corrected chi connectivity index (χ1v) is 7.38. The minimum atomic E-state index is -0.885. The molecule has 0 spiro atoms. The van der Waals surface area contributed by atoms with Crippen LogP contribution in [0.15, 0.2) is 0 Å². The van der Waals surface area contributed by atoms with Gasteiger partial charge in [0.1, 0.15) is 0 Å². The van der Waals surface area contributed by atoms with Crippen molar-refractivity contribution in [1.82, 2.24) is 0 Å². The number of ether oxygens (including phenoxy) is 1. The van der Waals surface area contributed by atoms with Crippen LogP contribution in [0.5, 0.6) is 0 Å². The molecule has 13 heavy (non-hydrogen) atoms. The third-order valence-corrected chi connectivity index (χ3v) is 7.82. The van der Waals surface area contributed by atoms with Gasteiger partial charge in [0.15, 0.2) is 0 Å². The highest BCUT2D eigenvalue weighted by Gasteiger charge is 2.38. The third-order valence-electron chi connectivity index (χ3n) is 3.34. The van der Waals surface area contributed by atoms with E-state index in [1.165, 1.54) is 38.5 Å². The monoisotopic (exact) mass is 200 g/mol. The Morgan fingerprint density at radius 3 is 2.23 bits per heavy atom. The number of carbonyl (C=O) groups excluding carboxylic acids is 1. The third kappa shape index (κ3) is 2.33. The number of hydrogen-bond acceptors (Lipinski definition) is 2. The molecule has 0 N–H and O–H groups in total. The van der Waals surface area contributed by atoms with E-state index in [0.717, 1.165) is 0 Å². The van der Waals surface area contributed by atoms with Crippen molar-refractivity contribution in [3.8, 4) is 0 Å². The van der Waals surface area contributed by atoms with Crippen molar-refractivity contribution < 1.29 is 9.53 Å². The summed E-state index contributed by atoms with van der Waals surface area (Å²) in [4.78, 5) is 11.5. The summed E-state index contributed by atoms with van der Waals surface area (Å²) in [6, 6.07) is 2.64. The van der Waals surface area contributed by atoms with Crippen LogP contribution in [0.1, 0.15) is 33.1 Å². The van der Waals surface area contributed by atoms with Crippen molar-refractivity contribution in [3.63, 3.8) is 0 Å². The van der Waals surface area contributed by atoms with E-state index in [4.69, 9.17) is 4.74 Å². The van der Waals surface area contributed by atoms with Gasteiger partial charge in [-0.2, -0.15) is 0 Å². The van der Waals surface area contributed by atoms with Gasteiger partial charge in [-0.25, -0.2) is 0 Å². The average molecular weight is 200 g/mol. The number of methoxy groups -OCH3 is 1. The lowest BCUT2D eigenvalue weighted by molar-refractivity contribution is -0.143. The predicted octanol–water partition coefficient (Wildman–Crippen LogP) is 2.35. The zero-order valence-corrected chi connectivity index (χ0v) is 10.1. The van der Waals surface area contributed by atoms with Gasteiger partial charge in [0.2, 0.25) is 0 Å². The lowest BCUT2D eigenvalue weighted by atomic mass is 10.2. The Hall–Kier alpha value is -0.313. The van der Waals surface area contributed by atoms with E-state index in [2.05, 4.69) is 13.8 Å². The molecule has 1 fully saturated rings. The van der Waals surface area contributed by atoms with Gasteiger partial charge in [-0.1, -0.05) is 45.2 Å². The van der Waals surface area contributed by atoms with Crippen LogP contribution in [0.25, 0.3) is 0 Å². The zero-order valence-electron chi connectivity index (χ0n) is 8.93. The summed E-state index contributed by atoms with van der Waals surface area (Å²) in [5.41, 5.74) is 0. The van der Waals surface area contributed by atoms with E-state index in [1.807, 2.05) is 0 Å². The Morgan fingerprint density at radius 2 is 1.77 bits per heavy atom. The molecule has 0 unspecified atom stereocenters. The van der Waals surface area contributed by atoms with Crippen LogP contribution in [0, 0.1) is 0 Å². The Balaban J connectivity index is 2.60. The van der Waals surface area contributed by atoms with Gasteiger partial charge in [0.05, 0.1) is 20.9 Å². The fourth-order valence-corrected chi connectivity index (χ4v) is 6.00. The minimum Gasteiger partial charge on any atom is -0.469 e. The first-order chi connectivity index (χ1) is 6.09. The highest BCUT2D eigenvalue weighted by atomic mass is 28.3. The topological polar surface area (TPSA) is 26.3 Å². The highest BCUT2D eigenvalue weighted by Crippen LogP contribution is 2.38. The van der Waals surface area contributed by atoms with Crippen molar-refractivity contribution in [3.05, 3.63) is 0 Å². The van der Waals surface area contributed by atoms with Crippen LogP contribution in [0.3, 0.4) is 0 Å². The largest absolute Gasteiger partial charge is 0.469 e. The predicted molar refractivity (Wildman–Crippen MR) is 56.7 cm³/mol. The minimum absolute atomic E-state index is 0.00562. The molecule has 0 aromatic heterocycles. The van der Waals surface area contributed by atoms with Gasteiger partial charge in [-0.15, -0.1) is 0 Å². The molecule has 1 aliphatic heterocycles. The lowest BCUT2D eigenvalue weighted by Crippen LogP contribution is -2.36. The molecule has 0 bridgehead atoms. The summed E-state index contributed by atoms with van der Waals surface area (Å²) in [5.74, 6) is 0.00562. The summed E-state index contributed by atoms with van der Waals surface area (Å²) in [6.45, 7) is 4.14. The SMILES string of the molecule is COC(=O)C(C)(C)[SiH]1CCCCC1. The smallest absolute Gasteiger partial charge is 0.308 e. The van der Waals surface area contributed by atoms with Crippen LogP contribution in [0.4, 0.5) is 0 Å². The molecular weight excluding hydrogens is 180 g/mol. The Morgan fingerprint density at radius 1 is 1.23 bits per heavy atom. The molecule has 1 aliphatic rings. The quantitative estimate of drug-likeness (QED) is 0.505. The molecule has 0 amide bonds. The van der Waals surface area contributed by atoms with Crippen LogP contribution < -0.4 is 0 Å². The van der Waals surface area contributed by atoms with Crippen molar-refractivity contribution in [2.45, 2.75) is 50.2 Å². The standard InChI is InChI=1S/C10H20O2Si/c1-10(2,9(11)12-3)13-7-5-4-6-8-13/h13H,4-8H2,1-3H3. The van der Waals surface area contributed by atoms with Crippen molar-refractivity contribution in [1.29, 1.82) is 0 Å². The fraction of sp³-hybridized carbons (Fsp3) is 0.900. The Labute approximate surface area is 82.3 Å². The normalized spacial score (nSPS) is 19.9. The fourth-order valence-electron chi connectivity index (χ4n) is 2.25. The van der Waals surface area contributed by atoms with Crippen molar-refractivity contribution in [2.75, 3.05) is 7.11 Å². The summed E-state index contributed by atoms with van der Waals surface area (Å²) < 4.78 is 4.86. The summed E-state index contributed by atoms with van der Waals surface area (Å²) in [5, 5.41) is -0.144. The Kier molecular flexibility index (Phi) is 3.53. The second-order valence-corrected chi connectivity index (χ2v) is 8.54. The molecule has 1 rings (SSSR count). The van der Waals surface area contributed by atoms with Crippen LogP contribution in [0.2, 0.25) is 17.1 Å². The highest BCUT2D eigenvalue weighted by molar-refractivity contribution is 6.66. The van der Waals surface area contributed by atoms with E-state index in [0.29, 0.717) is 0 Å². The first-order valence-electron chi connectivity index (χ1n) is 5.17. The van der Waals surface area contributed by atoms with E-state index < -0.39 is 8.80 Å². The lowest BCUT2D eigenvalue weighted by Gasteiger charge is -2.33.